The summed E-state index contributed by atoms with van der Waals surface area (Å²) in [6, 6.07) is 12.2. The van der Waals surface area contributed by atoms with Gasteiger partial charge in [-0.05, 0) is 62.0 Å². The highest BCUT2D eigenvalue weighted by Crippen LogP contribution is 2.37. The van der Waals surface area contributed by atoms with Crippen LogP contribution in [0.1, 0.15) is 22.8 Å². The van der Waals surface area contributed by atoms with Gasteiger partial charge in [-0.1, -0.05) is 12.1 Å². The highest BCUT2D eigenvalue weighted by molar-refractivity contribution is 6.07. The second kappa shape index (κ2) is 11.7. The SMILES string of the molecule is C[C@H]1CN(c2cc(F)c(-c3ccc(N4CCNCC4)cc3)cc2NC(=O)c2ccc(F)cc2C(F)(F)F)CCN1C. The predicted octanol–water partition coefficient (Wildman–Crippen LogP) is 5.45. The van der Waals surface area contributed by atoms with E-state index in [1.807, 2.05) is 31.0 Å². The van der Waals surface area contributed by atoms with Gasteiger partial charge in [0.15, 0.2) is 0 Å². The molecular weight excluding hydrogens is 541 g/mol. The van der Waals surface area contributed by atoms with Crippen molar-refractivity contribution in [3.63, 3.8) is 0 Å². The van der Waals surface area contributed by atoms with Gasteiger partial charge in [-0.15, -0.1) is 0 Å². The van der Waals surface area contributed by atoms with E-state index in [9.17, 15) is 22.4 Å². The molecule has 2 heterocycles. The number of nitrogens with zero attached hydrogens (tertiary/aromatic N) is 3. The molecule has 41 heavy (non-hydrogen) atoms. The number of hydrogen-bond donors (Lipinski definition) is 2. The lowest BCUT2D eigenvalue weighted by Gasteiger charge is -2.39. The number of carbonyl (C=O) groups excluding carboxylic acids is 1. The van der Waals surface area contributed by atoms with Gasteiger partial charge in [0.05, 0.1) is 22.5 Å². The Morgan fingerprint density at radius 2 is 1.63 bits per heavy atom. The number of anilines is 3. The maximum absolute atomic E-state index is 15.7. The Bertz CT molecular complexity index is 1410. The maximum atomic E-state index is 15.7. The zero-order valence-corrected chi connectivity index (χ0v) is 22.9. The molecule has 2 aliphatic rings. The number of carbonyl (C=O) groups is 1. The molecule has 3 aromatic carbocycles. The van der Waals surface area contributed by atoms with E-state index in [1.54, 1.807) is 12.1 Å². The van der Waals surface area contributed by atoms with Crippen LogP contribution < -0.4 is 20.4 Å². The molecule has 11 heteroatoms. The van der Waals surface area contributed by atoms with Gasteiger partial charge in [0.2, 0.25) is 0 Å². The van der Waals surface area contributed by atoms with Crippen LogP contribution >= 0.6 is 0 Å². The van der Waals surface area contributed by atoms with E-state index in [-0.39, 0.29) is 17.3 Å². The zero-order valence-electron chi connectivity index (χ0n) is 22.9. The molecule has 6 nitrogen and oxygen atoms in total. The van der Waals surface area contributed by atoms with Crippen molar-refractivity contribution < 1.29 is 26.7 Å². The molecule has 2 saturated heterocycles. The summed E-state index contributed by atoms with van der Waals surface area (Å²) in [6.07, 6.45) is -4.94. The zero-order chi connectivity index (χ0) is 29.3. The summed E-state index contributed by atoms with van der Waals surface area (Å²) in [6.45, 7) is 7.21. The van der Waals surface area contributed by atoms with Crippen molar-refractivity contribution in [2.75, 3.05) is 68.0 Å². The number of halogens is 5. The van der Waals surface area contributed by atoms with Crippen LogP contribution in [0.15, 0.2) is 54.6 Å². The maximum Gasteiger partial charge on any atom is 0.417 e. The number of likely N-dealkylation sites (N-methyl/N-ethyl adjacent to an activating group) is 1. The van der Waals surface area contributed by atoms with Gasteiger partial charge in [-0.25, -0.2) is 8.78 Å². The summed E-state index contributed by atoms with van der Waals surface area (Å²) in [4.78, 5) is 19.5. The minimum absolute atomic E-state index is 0.126. The summed E-state index contributed by atoms with van der Waals surface area (Å²) in [7, 11) is 1.98. The van der Waals surface area contributed by atoms with E-state index >= 15 is 4.39 Å². The van der Waals surface area contributed by atoms with Gasteiger partial charge in [0.25, 0.3) is 5.91 Å². The van der Waals surface area contributed by atoms with Crippen LogP contribution in [0.3, 0.4) is 0 Å². The Kier molecular flexibility index (Phi) is 8.19. The minimum Gasteiger partial charge on any atom is -0.369 e. The lowest BCUT2D eigenvalue weighted by Crippen LogP contribution is -2.50. The van der Waals surface area contributed by atoms with E-state index < -0.39 is 34.8 Å². The molecule has 0 spiro atoms. The number of benzene rings is 3. The molecule has 0 bridgehead atoms. The number of hydrogen-bond acceptors (Lipinski definition) is 5. The Balaban J connectivity index is 1.52. The topological polar surface area (TPSA) is 50.9 Å². The van der Waals surface area contributed by atoms with Crippen LogP contribution in [0.5, 0.6) is 0 Å². The fourth-order valence-corrected chi connectivity index (χ4v) is 5.33. The van der Waals surface area contributed by atoms with Crippen LogP contribution in [0, 0.1) is 11.6 Å². The molecule has 218 valence electrons. The summed E-state index contributed by atoms with van der Waals surface area (Å²) in [5.41, 5.74) is 0.210. The molecule has 0 radical (unpaired) electrons. The molecule has 2 fully saturated rings. The first-order valence-electron chi connectivity index (χ1n) is 13.5. The highest BCUT2D eigenvalue weighted by atomic mass is 19.4. The van der Waals surface area contributed by atoms with Crippen molar-refractivity contribution in [1.82, 2.24) is 10.2 Å². The Labute approximate surface area is 235 Å². The number of amides is 1. The van der Waals surface area contributed by atoms with Crippen LogP contribution in [0.25, 0.3) is 11.1 Å². The van der Waals surface area contributed by atoms with E-state index in [2.05, 4.69) is 20.4 Å². The normalized spacial score (nSPS) is 18.5. The molecule has 2 N–H and O–H groups in total. The molecule has 0 aliphatic carbocycles. The highest BCUT2D eigenvalue weighted by Gasteiger charge is 2.36. The first-order chi connectivity index (χ1) is 19.5. The molecule has 1 amide bonds. The van der Waals surface area contributed by atoms with Crippen LogP contribution in [0.2, 0.25) is 0 Å². The van der Waals surface area contributed by atoms with Crippen molar-refractivity contribution >= 4 is 23.0 Å². The first-order valence-corrected chi connectivity index (χ1v) is 13.5. The number of alkyl halides is 3. The van der Waals surface area contributed by atoms with Crippen LogP contribution in [0.4, 0.5) is 39.0 Å². The molecule has 2 aliphatic heterocycles. The number of nitrogens with one attached hydrogen (secondary N) is 2. The molecule has 0 saturated carbocycles. The van der Waals surface area contributed by atoms with Crippen LogP contribution in [-0.2, 0) is 6.18 Å². The minimum atomic E-state index is -4.94. The van der Waals surface area contributed by atoms with Crippen molar-refractivity contribution in [2.24, 2.45) is 0 Å². The second-order valence-electron chi connectivity index (χ2n) is 10.6. The number of piperazine rings is 2. The fraction of sp³-hybridized carbons (Fsp3) is 0.367. The average Bonchev–Trinajstić information content (AvgIpc) is 2.95. The third-order valence-corrected chi connectivity index (χ3v) is 7.83. The van der Waals surface area contributed by atoms with E-state index in [0.717, 1.165) is 44.0 Å². The molecule has 5 rings (SSSR count). The molecule has 0 aromatic heterocycles. The standard InChI is InChI=1S/C30H32F5N5O/c1-19-18-40(14-13-38(19)2)28-17-26(32)24(20-3-6-22(7-4-20)39-11-9-36-10-12-39)16-27(28)37-29(41)23-8-5-21(31)15-25(23)30(33,34)35/h3-8,15-17,19,36H,9-14,18H2,1-2H3,(H,37,41)/t19-/m0/s1. The summed E-state index contributed by atoms with van der Waals surface area (Å²) in [5.74, 6) is -2.68. The largest absolute Gasteiger partial charge is 0.417 e. The van der Waals surface area contributed by atoms with E-state index in [4.69, 9.17) is 0 Å². The quantitative estimate of drug-likeness (QED) is 0.398. The summed E-state index contributed by atoms with van der Waals surface area (Å²) >= 11 is 0. The van der Waals surface area contributed by atoms with Gasteiger partial charge >= 0.3 is 6.18 Å². The molecule has 3 aromatic rings. The Hall–Kier alpha value is -3.70. The monoisotopic (exact) mass is 573 g/mol. The molecule has 1 atom stereocenters. The van der Waals surface area contributed by atoms with Gasteiger partial charge in [-0.2, -0.15) is 13.2 Å². The lowest BCUT2D eigenvalue weighted by molar-refractivity contribution is -0.138. The molecule has 0 unspecified atom stereocenters. The molecular formula is C30H32F5N5O. The third-order valence-electron chi connectivity index (χ3n) is 7.83. The average molecular weight is 574 g/mol. The third kappa shape index (κ3) is 6.31. The number of rotatable bonds is 5. The summed E-state index contributed by atoms with van der Waals surface area (Å²) < 4.78 is 70.4. The van der Waals surface area contributed by atoms with E-state index in [0.29, 0.717) is 37.0 Å². The van der Waals surface area contributed by atoms with Crippen LogP contribution in [-0.4, -0.2) is 69.7 Å². The fourth-order valence-electron chi connectivity index (χ4n) is 5.33. The van der Waals surface area contributed by atoms with Gasteiger partial charge in [0, 0.05) is 63.1 Å². The smallest absolute Gasteiger partial charge is 0.369 e. The predicted molar refractivity (Wildman–Crippen MR) is 151 cm³/mol. The lowest BCUT2D eigenvalue weighted by atomic mass is 10.0. The van der Waals surface area contributed by atoms with Crippen molar-refractivity contribution in [3.05, 3.63) is 77.4 Å². The van der Waals surface area contributed by atoms with Gasteiger partial charge in [-0.3, -0.25) is 4.79 Å². The van der Waals surface area contributed by atoms with Crippen molar-refractivity contribution in [3.8, 4) is 11.1 Å². The van der Waals surface area contributed by atoms with Gasteiger partial charge in [0.1, 0.15) is 11.6 Å². The second-order valence-corrected chi connectivity index (χ2v) is 10.6. The van der Waals surface area contributed by atoms with Crippen molar-refractivity contribution in [2.45, 2.75) is 19.1 Å². The van der Waals surface area contributed by atoms with E-state index in [1.165, 1.54) is 12.1 Å². The Morgan fingerprint density at radius 3 is 2.29 bits per heavy atom. The van der Waals surface area contributed by atoms with Gasteiger partial charge < -0.3 is 25.3 Å². The Morgan fingerprint density at radius 1 is 0.927 bits per heavy atom. The van der Waals surface area contributed by atoms with Crippen molar-refractivity contribution in [1.29, 1.82) is 0 Å². The summed E-state index contributed by atoms with van der Waals surface area (Å²) in [5, 5.41) is 5.89. The first kappa shape index (κ1) is 28.8.